The van der Waals surface area contributed by atoms with Crippen LogP contribution < -0.4 is 10.2 Å². The Morgan fingerprint density at radius 3 is 2.51 bits per heavy atom. The minimum absolute atomic E-state index is 0.0233. The van der Waals surface area contributed by atoms with E-state index in [4.69, 9.17) is 16.6 Å². The largest absolute Gasteiger partial charge is 0.353 e. The van der Waals surface area contributed by atoms with Gasteiger partial charge in [0.25, 0.3) is 0 Å². The summed E-state index contributed by atoms with van der Waals surface area (Å²) in [4.78, 5) is 40.9. The van der Waals surface area contributed by atoms with Gasteiger partial charge >= 0.3 is 6.03 Å². The number of benzene rings is 2. The second-order valence-electron chi connectivity index (χ2n) is 10.9. The van der Waals surface area contributed by atoms with Gasteiger partial charge in [-0.25, -0.2) is 14.8 Å². The van der Waals surface area contributed by atoms with E-state index >= 15 is 0 Å². The first kappa shape index (κ1) is 29.2. The molecule has 2 aliphatic heterocycles. The van der Waals surface area contributed by atoms with Gasteiger partial charge in [0.05, 0.1) is 5.75 Å². The molecule has 216 valence electrons. The molecule has 0 spiro atoms. The van der Waals surface area contributed by atoms with Gasteiger partial charge in [-0.05, 0) is 62.3 Å². The van der Waals surface area contributed by atoms with E-state index in [-0.39, 0.29) is 23.7 Å². The highest BCUT2D eigenvalue weighted by Crippen LogP contribution is 2.26. The number of nitrogens with one attached hydrogen (secondary N) is 1. The Hall–Kier alpha value is -3.30. The lowest BCUT2D eigenvalue weighted by Crippen LogP contribution is -2.55. The molecule has 8 nitrogen and oxygen atoms in total. The molecule has 10 heteroatoms. The van der Waals surface area contributed by atoms with E-state index in [9.17, 15) is 9.59 Å². The van der Waals surface area contributed by atoms with Crippen LogP contribution in [0.4, 0.5) is 16.3 Å². The predicted molar refractivity (Wildman–Crippen MR) is 166 cm³/mol. The van der Waals surface area contributed by atoms with Crippen molar-refractivity contribution in [3.63, 3.8) is 0 Å². The van der Waals surface area contributed by atoms with Crippen LogP contribution in [0.3, 0.4) is 0 Å². The minimum Gasteiger partial charge on any atom is -0.353 e. The summed E-state index contributed by atoms with van der Waals surface area (Å²) in [6, 6.07) is 20.0. The number of thioether (sulfide) groups is 1. The Morgan fingerprint density at radius 1 is 1.00 bits per heavy atom. The monoisotopic (exact) mass is 592 g/mol. The summed E-state index contributed by atoms with van der Waals surface area (Å²) in [6.45, 7) is 7.41. The number of rotatable bonds is 7. The van der Waals surface area contributed by atoms with E-state index < -0.39 is 0 Å². The Morgan fingerprint density at radius 2 is 1.78 bits per heavy atom. The summed E-state index contributed by atoms with van der Waals surface area (Å²) in [5.41, 5.74) is 3.25. The molecule has 3 amide bonds. The van der Waals surface area contributed by atoms with Crippen LogP contribution in [0.15, 0.2) is 65.8 Å². The van der Waals surface area contributed by atoms with Gasteiger partial charge in [0, 0.05) is 50.5 Å². The number of amides is 3. The highest BCUT2D eigenvalue weighted by atomic mass is 35.5. The zero-order valence-corrected chi connectivity index (χ0v) is 25.2. The Balaban J connectivity index is 1.11. The summed E-state index contributed by atoms with van der Waals surface area (Å²) < 4.78 is 0. The van der Waals surface area contributed by atoms with Crippen molar-refractivity contribution < 1.29 is 9.59 Å². The average molecular weight is 593 g/mol. The maximum Gasteiger partial charge on any atom is 0.322 e. The van der Waals surface area contributed by atoms with Crippen LogP contribution in [0.2, 0.25) is 5.15 Å². The molecule has 2 aromatic carbocycles. The topological polar surface area (TPSA) is 81.7 Å². The average Bonchev–Trinajstić information content (AvgIpc) is 2.96. The number of carbonyl (C=O) groups is 2. The maximum absolute atomic E-state index is 13.0. The molecule has 5 rings (SSSR count). The van der Waals surface area contributed by atoms with Crippen LogP contribution >= 0.6 is 23.4 Å². The molecule has 3 heterocycles. The second-order valence-corrected chi connectivity index (χ2v) is 12.3. The van der Waals surface area contributed by atoms with E-state index in [2.05, 4.69) is 39.5 Å². The Bertz CT molecular complexity index is 1350. The van der Waals surface area contributed by atoms with Crippen molar-refractivity contribution in [2.75, 3.05) is 48.7 Å². The molecular formula is C31H37ClN6O2S. The molecule has 0 aliphatic carbocycles. The van der Waals surface area contributed by atoms with E-state index in [1.807, 2.05) is 54.0 Å². The van der Waals surface area contributed by atoms with Gasteiger partial charge in [-0.2, -0.15) is 0 Å². The fourth-order valence-electron chi connectivity index (χ4n) is 5.55. The third-order valence-corrected chi connectivity index (χ3v) is 8.83. The highest BCUT2D eigenvalue weighted by molar-refractivity contribution is 7.99. The van der Waals surface area contributed by atoms with Crippen LogP contribution in [0.1, 0.15) is 30.9 Å². The number of piperazine rings is 1. The van der Waals surface area contributed by atoms with Gasteiger partial charge in [-0.3, -0.25) is 4.79 Å². The van der Waals surface area contributed by atoms with Gasteiger partial charge in [0.15, 0.2) is 5.16 Å². The molecule has 0 radical (unpaired) electrons. The summed E-state index contributed by atoms with van der Waals surface area (Å²) in [6.07, 6.45) is 3.12. The second kappa shape index (κ2) is 13.6. The molecule has 1 aromatic heterocycles. The molecule has 2 aliphatic rings. The lowest BCUT2D eigenvalue weighted by molar-refractivity contribution is -0.129. The smallest absolute Gasteiger partial charge is 0.322 e. The SMILES string of the molecule is Cc1cccc(NC(=O)N2CCN(c3cc(Cl)nc(SCC(=O)N4CCC(Cc5ccccc5)CC4)n3)CC2C)c1. The Kier molecular flexibility index (Phi) is 9.67. The summed E-state index contributed by atoms with van der Waals surface area (Å²) in [7, 11) is 0. The van der Waals surface area contributed by atoms with Crippen LogP contribution in [0.5, 0.6) is 0 Å². The fraction of sp³-hybridized carbons (Fsp3) is 0.419. The third-order valence-electron chi connectivity index (χ3n) is 7.80. The van der Waals surface area contributed by atoms with E-state index in [1.54, 1.807) is 6.07 Å². The molecule has 2 saturated heterocycles. The lowest BCUT2D eigenvalue weighted by Gasteiger charge is -2.40. The molecule has 2 fully saturated rings. The van der Waals surface area contributed by atoms with Gasteiger partial charge in [0.1, 0.15) is 11.0 Å². The summed E-state index contributed by atoms with van der Waals surface area (Å²) in [5, 5.41) is 3.84. The number of piperidine rings is 1. The van der Waals surface area contributed by atoms with E-state index in [0.29, 0.717) is 41.7 Å². The number of hydrogen-bond acceptors (Lipinski definition) is 6. The number of carbonyl (C=O) groups excluding carboxylic acids is 2. The molecule has 41 heavy (non-hydrogen) atoms. The van der Waals surface area contributed by atoms with Crippen molar-refractivity contribution in [2.24, 2.45) is 5.92 Å². The minimum atomic E-state index is -0.109. The molecule has 1 unspecified atom stereocenters. The molecule has 3 aromatic rings. The quantitative estimate of drug-likeness (QED) is 0.214. The summed E-state index contributed by atoms with van der Waals surface area (Å²) >= 11 is 7.70. The van der Waals surface area contributed by atoms with Crippen molar-refractivity contribution in [3.05, 3.63) is 76.9 Å². The van der Waals surface area contributed by atoms with Gasteiger partial charge in [-0.15, -0.1) is 0 Å². The third kappa shape index (κ3) is 7.92. The van der Waals surface area contributed by atoms with Crippen LogP contribution in [-0.4, -0.2) is 76.2 Å². The van der Waals surface area contributed by atoms with Gasteiger partial charge in [0.2, 0.25) is 5.91 Å². The van der Waals surface area contributed by atoms with Crippen LogP contribution in [0, 0.1) is 12.8 Å². The number of urea groups is 1. The number of anilines is 2. The van der Waals surface area contributed by atoms with Gasteiger partial charge in [-0.1, -0.05) is 65.8 Å². The van der Waals surface area contributed by atoms with Crippen LogP contribution in [-0.2, 0) is 11.2 Å². The maximum atomic E-state index is 13.0. The highest BCUT2D eigenvalue weighted by Gasteiger charge is 2.29. The number of likely N-dealkylation sites (tertiary alicyclic amines) is 1. The van der Waals surface area contributed by atoms with E-state index in [0.717, 1.165) is 43.6 Å². The van der Waals surface area contributed by atoms with Crippen molar-refractivity contribution in [3.8, 4) is 0 Å². The van der Waals surface area contributed by atoms with E-state index in [1.165, 1.54) is 17.3 Å². The lowest BCUT2D eigenvalue weighted by atomic mass is 9.90. The van der Waals surface area contributed by atoms with Crippen LogP contribution in [0.25, 0.3) is 0 Å². The molecule has 1 N–H and O–H groups in total. The van der Waals surface area contributed by atoms with Crippen molar-refractivity contribution in [1.82, 2.24) is 19.8 Å². The molecular weight excluding hydrogens is 556 g/mol. The van der Waals surface area contributed by atoms with Crippen molar-refractivity contribution in [2.45, 2.75) is 44.3 Å². The predicted octanol–water partition coefficient (Wildman–Crippen LogP) is 5.75. The number of aromatic nitrogens is 2. The summed E-state index contributed by atoms with van der Waals surface area (Å²) in [5.74, 6) is 1.73. The first-order chi connectivity index (χ1) is 19.8. The van der Waals surface area contributed by atoms with Gasteiger partial charge < -0.3 is 20.0 Å². The normalized spacial score (nSPS) is 17.9. The first-order valence-electron chi connectivity index (χ1n) is 14.2. The Labute approximate surface area is 251 Å². The fourth-order valence-corrected chi connectivity index (χ4v) is 6.53. The zero-order chi connectivity index (χ0) is 28.8. The molecule has 1 atom stereocenters. The molecule has 0 bridgehead atoms. The zero-order valence-electron chi connectivity index (χ0n) is 23.6. The van der Waals surface area contributed by atoms with Crippen molar-refractivity contribution in [1.29, 1.82) is 0 Å². The molecule has 0 saturated carbocycles. The first-order valence-corrected chi connectivity index (χ1v) is 15.6. The number of nitrogens with zero attached hydrogens (tertiary/aromatic N) is 5. The standard InChI is InChI=1S/C31H37ClN6O2S/c1-22-7-6-10-26(17-22)33-31(40)38-16-15-37(20-23(38)2)28-19-27(32)34-30(35-28)41-21-29(39)36-13-11-25(12-14-36)18-24-8-4-3-5-9-24/h3-10,17,19,23,25H,11-16,18,20-21H2,1-2H3,(H,33,40). The number of aryl methyl sites for hydroxylation is 1. The number of halogens is 1. The van der Waals surface area contributed by atoms with Crippen molar-refractivity contribution >= 4 is 46.8 Å². The number of hydrogen-bond donors (Lipinski definition) is 1.